The SMILES string of the molecule is O=C(O)Cn1ncc2c1CCCC2N(c1ccc(-c2ccccc2)c(C(F)(F)F)c1)S(=O)[O-]. The zero-order valence-corrected chi connectivity index (χ0v) is 18.0. The number of fused-ring (bicyclic) bond motifs is 1. The Morgan fingerprint density at radius 1 is 1.24 bits per heavy atom. The smallest absolute Gasteiger partial charge is 0.417 e. The number of hydrogen-bond donors (Lipinski definition) is 1. The summed E-state index contributed by atoms with van der Waals surface area (Å²) in [6.07, 6.45) is -1.92. The molecule has 0 saturated carbocycles. The molecule has 174 valence electrons. The molecule has 1 aromatic heterocycles. The second-order valence-electron chi connectivity index (χ2n) is 7.64. The van der Waals surface area contributed by atoms with Gasteiger partial charge in [-0.3, -0.25) is 18.0 Å². The van der Waals surface area contributed by atoms with Gasteiger partial charge in [0.15, 0.2) is 0 Å². The number of benzene rings is 2. The van der Waals surface area contributed by atoms with Gasteiger partial charge in [0.2, 0.25) is 0 Å². The van der Waals surface area contributed by atoms with Crippen molar-refractivity contribution in [3.05, 3.63) is 71.5 Å². The third-order valence-electron chi connectivity index (χ3n) is 5.61. The summed E-state index contributed by atoms with van der Waals surface area (Å²) in [7, 11) is 0. The summed E-state index contributed by atoms with van der Waals surface area (Å²) < 4.78 is 68.5. The number of aromatic nitrogens is 2. The maximum absolute atomic E-state index is 13.9. The van der Waals surface area contributed by atoms with Crippen LogP contribution in [0.2, 0.25) is 0 Å². The van der Waals surface area contributed by atoms with Crippen LogP contribution in [-0.2, 0) is 35.2 Å². The van der Waals surface area contributed by atoms with E-state index < -0.39 is 35.0 Å². The van der Waals surface area contributed by atoms with E-state index in [0.717, 1.165) is 10.4 Å². The van der Waals surface area contributed by atoms with E-state index in [9.17, 15) is 26.7 Å². The zero-order valence-electron chi connectivity index (χ0n) is 17.2. The minimum Gasteiger partial charge on any atom is -0.755 e. The van der Waals surface area contributed by atoms with Gasteiger partial charge in [-0.05, 0) is 42.5 Å². The van der Waals surface area contributed by atoms with Crippen LogP contribution in [0.25, 0.3) is 11.1 Å². The molecule has 0 spiro atoms. The van der Waals surface area contributed by atoms with Gasteiger partial charge in [-0.1, -0.05) is 36.4 Å². The minimum atomic E-state index is -4.71. The standard InChI is InChI=1S/C22H20F3N3O4S/c23-22(24,25)18-11-15(9-10-16(18)14-5-2-1-3-6-14)28(33(31)32)20-8-4-7-19-17(20)12-26-27(19)13-21(29)30/h1-3,5-6,9-12,20H,4,7-8,13H2,(H,29,30)(H,31,32)/p-1. The predicted octanol–water partition coefficient (Wildman–Crippen LogP) is 4.33. The molecular weight excluding hydrogens is 459 g/mol. The van der Waals surface area contributed by atoms with Crippen LogP contribution in [0.1, 0.15) is 35.7 Å². The number of aliphatic carboxylic acids is 1. The summed E-state index contributed by atoms with van der Waals surface area (Å²) in [4.78, 5) is 11.1. The van der Waals surface area contributed by atoms with E-state index in [1.807, 2.05) is 0 Å². The Balaban J connectivity index is 1.80. The second kappa shape index (κ2) is 8.99. The van der Waals surface area contributed by atoms with Crippen LogP contribution >= 0.6 is 0 Å². The van der Waals surface area contributed by atoms with Crippen molar-refractivity contribution in [1.82, 2.24) is 9.78 Å². The quantitative estimate of drug-likeness (QED) is 0.532. The number of hydrogen-bond acceptors (Lipinski definition) is 4. The fourth-order valence-corrected chi connectivity index (χ4v) is 4.96. The number of rotatable bonds is 6. The van der Waals surface area contributed by atoms with Crippen LogP contribution in [0.5, 0.6) is 0 Å². The number of carbonyl (C=O) groups is 1. The first-order valence-corrected chi connectivity index (χ1v) is 11.1. The summed E-state index contributed by atoms with van der Waals surface area (Å²) in [6, 6.07) is 10.7. The molecule has 0 saturated heterocycles. The average molecular weight is 478 g/mol. The summed E-state index contributed by atoms with van der Waals surface area (Å²) in [6.45, 7) is -0.382. The molecule has 0 bridgehead atoms. The van der Waals surface area contributed by atoms with E-state index in [4.69, 9.17) is 5.11 Å². The molecule has 1 aliphatic rings. The number of anilines is 1. The second-order valence-corrected chi connectivity index (χ2v) is 8.47. The van der Waals surface area contributed by atoms with Gasteiger partial charge in [-0.2, -0.15) is 18.3 Å². The van der Waals surface area contributed by atoms with Crippen LogP contribution in [-0.4, -0.2) is 29.6 Å². The molecule has 0 amide bonds. The first-order valence-electron chi connectivity index (χ1n) is 10.1. The molecule has 7 nitrogen and oxygen atoms in total. The molecule has 3 aromatic rings. The lowest BCUT2D eigenvalue weighted by Gasteiger charge is -2.37. The highest BCUT2D eigenvalue weighted by Gasteiger charge is 2.36. The van der Waals surface area contributed by atoms with Gasteiger partial charge < -0.3 is 9.66 Å². The molecular formula is C22H19F3N3O4S-. The summed E-state index contributed by atoms with van der Waals surface area (Å²) in [5, 5.41) is 13.1. The normalized spacial score (nSPS) is 16.8. The van der Waals surface area contributed by atoms with Crippen molar-refractivity contribution in [2.24, 2.45) is 0 Å². The van der Waals surface area contributed by atoms with Crippen molar-refractivity contribution in [3.8, 4) is 11.1 Å². The van der Waals surface area contributed by atoms with Gasteiger partial charge in [0.05, 0.1) is 17.8 Å². The van der Waals surface area contributed by atoms with Crippen molar-refractivity contribution >= 4 is 22.9 Å². The van der Waals surface area contributed by atoms with Crippen LogP contribution in [0.4, 0.5) is 18.9 Å². The predicted molar refractivity (Wildman–Crippen MR) is 114 cm³/mol. The van der Waals surface area contributed by atoms with E-state index >= 15 is 0 Å². The van der Waals surface area contributed by atoms with Crippen molar-refractivity contribution in [1.29, 1.82) is 0 Å². The van der Waals surface area contributed by atoms with Gasteiger partial charge in [0.25, 0.3) is 0 Å². The lowest BCUT2D eigenvalue weighted by atomic mass is 9.92. The van der Waals surface area contributed by atoms with Gasteiger partial charge in [-0.25, -0.2) is 0 Å². The fourth-order valence-electron chi connectivity index (χ4n) is 4.25. The number of carboxylic acid groups (broad SMARTS) is 1. The zero-order chi connectivity index (χ0) is 23.8. The van der Waals surface area contributed by atoms with Crippen molar-refractivity contribution < 1.29 is 31.8 Å². The minimum absolute atomic E-state index is 0.0536. The van der Waals surface area contributed by atoms with Gasteiger partial charge >= 0.3 is 12.1 Å². The maximum atomic E-state index is 13.9. The lowest BCUT2D eigenvalue weighted by molar-refractivity contribution is -0.138. The van der Waals surface area contributed by atoms with Gasteiger partial charge in [0.1, 0.15) is 6.54 Å². The highest BCUT2D eigenvalue weighted by Crippen LogP contribution is 2.43. The summed E-state index contributed by atoms with van der Waals surface area (Å²) in [5.74, 6) is -1.10. The Kier molecular flexibility index (Phi) is 6.26. The summed E-state index contributed by atoms with van der Waals surface area (Å²) in [5.41, 5.74) is 0.301. The molecule has 0 aliphatic heterocycles. The van der Waals surface area contributed by atoms with E-state index in [2.05, 4.69) is 5.10 Å². The topological polar surface area (TPSA) is 98.5 Å². The third-order valence-corrected chi connectivity index (χ3v) is 6.39. The highest BCUT2D eigenvalue weighted by atomic mass is 32.2. The molecule has 2 aromatic carbocycles. The molecule has 0 fully saturated rings. The Morgan fingerprint density at radius 2 is 1.97 bits per heavy atom. The Labute approximate surface area is 189 Å². The maximum Gasteiger partial charge on any atom is 0.417 e. The molecule has 1 heterocycles. The number of nitrogens with zero attached hydrogens (tertiary/aromatic N) is 3. The molecule has 1 N–H and O–H groups in total. The summed E-state index contributed by atoms with van der Waals surface area (Å²) >= 11 is -2.88. The Morgan fingerprint density at radius 3 is 2.61 bits per heavy atom. The molecule has 1 aliphatic carbocycles. The van der Waals surface area contributed by atoms with Crippen LogP contribution in [0, 0.1) is 0 Å². The molecule has 11 heteroatoms. The van der Waals surface area contributed by atoms with Crippen LogP contribution in [0.3, 0.4) is 0 Å². The third kappa shape index (κ3) is 4.64. The highest BCUT2D eigenvalue weighted by molar-refractivity contribution is 7.80. The monoisotopic (exact) mass is 478 g/mol. The largest absolute Gasteiger partial charge is 0.755 e. The molecule has 33 heavy (non-hydrogen) atoms. The first kappa shape index (κ1) is 23.0. The Hall–Kier alpha value is -3.18. The number of alkyl halides is 3. The van der Waals surface area contributed by atoms with Gasteiger partial charge in [0, 0.05) is 28.2 Å². The molecule has 0 radical (unpaired) electrons. The average Bonchev–Trinajstić information content (AvgIpc) is 3.17. The van der Waals surface area contributed by atoms with Gasteiger partial charge in [-0.15, -0.1) is 0 Å². The van der Waals surface area contributed by atoms with Crippen molar-refractivity contribution in [2.45, 2.75) is 38.0 Å². The number of carboxylic acids is 1. The lowest BCUT2D eigenvalue weighted by Crippen LogP contribution is -2.33. The van der Waals surface area contributed by atoms with Crippen LogP contribution < -0.4 is 4.31 Å². The Bertz CT molecular complexity index is 1200. The van der Waals surface area contributed by atoms with E-state index in [1.165, 1.54) is 23.0 Å². The van der Waals surface area contributed by atoms with E-state index in [-0.39, 0.29) is 17.8 Å². The number of halogens is 3. The van der Waals surface area contributed by atoms with Crippen LogP contribution in [0.15, 0.2) is 54.7 Å². The van der Waals surface area contributed by atoms with Crippen molar-refractivity contribution in [2.75, 3.05) is 4.31 Å². The van der Waals surface area contributed by atoms with E-state index in [1.54, 1.807) is 30.3 Å². The molecule has 4 rings (SSSR count). The molecule has 2 unspecified atom stereocenters. The fraction of sp³-hybridized carbons (Fsp3) is 0.273. The van der Waals surface area contributed by atoms with E-state index in [0.29, 0.717) is 36.1 Å². The van der Waals surface area contributed by atoms with Crippen molar-refractivity contribution in [3.63, 3.8) is 0 Å². The first-order chi connectivity index (χ1) is 15.7. The molecule has 2 atom stereocenters.